The maximum atomic E-state index is 11.3. The topological polar surface area (TPSA) is 118 Å². The predicted molar refractivity (Wildman–Crippen MR) is 62.6 cm³/mol. The number of carbonyl (C=O) groups is 3. The highest BCUT2D eigenvalue weighted by atomic mass is 16.4. The molecule has 6 nitrogen and oxygen atoms in total. The fourth-order valence-electron chi connectivity index (χ4n) is 2.49. The number of rotatable bonds is 5. The molecule has 1 amide bonds. The molecule has 1 atom stereocenters. The second-order valence-corrected chi connectivity index (χ2v) is 4.52. The molecule has 1 saturated carbocycles. The van der Waals surface area contributed by atoms with E-state index < -0.39 is 29.3 Å². The molecule has 0 aromatic heterocycles. The summed E-state index contributed by atoms with van der Waals surface area (Å²) in [6.07, 6.45) is 4.86. The van der Waals surface area contributed by atoms with Gasteiger partial charge in [-0.3, -0.25) is 9.59 Å². The SMILES string of the molecule is NC(=O)/C=C(\C(=O)O)C(C(=O)O)C1CCCCC1. The molecule has 1 rings (SSSR count). The van der Waals surface area contributed by atoms with Crippen LogP contribution in [0, 0.1) is 11.8 Å². The van der Waals surface area contributed by atoms with Crippen molar-refractivity contribution in [3.63, 3.8) is 0 Å². The Kier molecular flexibility index (Phi) is 4.88. The minimum atomic E-state index is -1.40. The molecule has 0 aliphatic heterocycles. The second kappa shape index (κ2) is 6.18. The standard InChI is InChI=1S/C12H17NO5/c13-9(14)6-8(11(15)16)10(12(17)18)7-4-2-1-3-5-7/h6-7,10H,1-5H2,(H2,13,14)(H,15,16)(H,17,18)/b8-6-. The number of primary amides is 1. The van der Waals surface area contributed by atoms with E-state index in [0.717, 1.165) is 25.3 Å². The van der Waals surface area contributed by atoms with E-state index in [2.05, 4.69) is 0 Å². The smallest absolute Gasteiger partial charge is 0.332 e. The van der Waals surface area contributed by atoms with Crippen molar-refractivity contribution in [1.82, 2.24) is 0 Å². The van der Waals surface area contributed by atoms with Crippen molar-refractivity contribution in [3.05, 3.63) is 11.6 Å². The molecule has 1 fully saturated rings. The van der Waals surface area contributed by atoms with Crippen molar-refractivity contribution in [3.8, 4) is 0 Å². The Labute approximate surface area is 104 Å². The number of amides is 1. The van der Waals surface area contributed by atoms with Crippen LogP contribution >= 0.6 is 0 Å². The van der Waals surface area contributed by atoms with Crippen molar-refractivity contribution in [2.75, 3.05) is 0 Å². The molecule has 0 aromatic rings. The summed E-state index contributed by atoms with van der Waals surface area (Å²) >= 11 is 0. The predicted octanol–water partition coefficient (Wildman–Crippen LogP) is 0.764. The Morgan fingerprint density at radius 3 is 2.06 bits per heavy atom. The van der Waals surface area contributed by atoms with Crippen LogP contribution in [-0.4, -0.2) is 28.1 Å². The van der Waals surface area contributed by atoms with Crippen LogP contribution in [0.5, 0.6) is 0 Å². The molecule has 0 radical (unpaired) electrons. The zero-order chi connectivity index (χ0) is 13.7. The van der Waals surface area contributed by atoms with E-state index >= 15 is 0 Å². The number of hydrogen-bond donors (Lipinski definition) is 3. The molecule has 6 heteroatoms. The van der Waals surface area contributed by atoms with Crippen LogP contribution in [0.4, 0.5) is 0 Å². The third-order valence-corrected chi connectivity index (χ3v) is 3.27. The molecule has 1 aliphatic rings. The lowest BCUT2D eigenvalue weighted by molar-refractivity contribution is -0.146. The van der Waals surface area contributed by atoms with E-state index in [4.69, 9.17) is 10.8 Å². The first-order chi connectivity index (χ1) is 8.43. The van der Waals surface area contributed by atoms with Gasteiger partial charge in [0.2, 0.25) is 5.91 Å². The molecular formula is C12H17NO5. The minimum absolute atomic E-state index is 0.238. The normalized spacial score (nSPS) is 19.2. The molecule has 100 valence electrons. The maximum Gasteiger partial charge on any atom is 0.332 e. The van der Waals surface area contributed by atoms with Crippen molar-refractivity contribution in [1.29, 1.82) is 0 Å². The summed E-state index contributed by atoms with van der Waals surface area (Å²) in [6, 6.07) is 0. The van der Waals surface area contributed by atoms with Gasteiger partial charge in [-0.1, -0.05) is 19.3 Å². The van der Waals surface area contributed by atoms with E-state index in [1.807, 2.05) is 0 Å². The van der Waals surface area contributed by atoms with Gasteiger partial charge in [0, 0.05) is 6.08 Å². The van der Waals surface area contributed by atoms with E-state index in [9.17, 15) is 19.5 Å². The first-order valence-electron chi connectivity index (χ1n) is 5.90. The third-order valence-electron chi connectivity index (χ3n) is 3.27. The van der Waals surface area contributed by atoms with Crippen LogP contribution < -0.4 is 5.73 Å². The summed E-state index contributed by atoms with van der Waals surface area (Å²) in [5, 5.41) is 18.2. The van der Waals surface area contributed by atoms with Crippen LogP contribution in [0.25, 0.3) is 0 Å². The highest BCUT2D eigenvalue weighted by molar-refractivity contribution is 6.00. The summed E-state index contributed by atoms with van der Waals surface area (Å²) < 4.78 is 0. The Balaban J connectivity index is 3.04. The average molecular weight is 255 g/mol. The molecule has 0 saturated heterocycles. The maximum absolute atomic E-state index is 11.3. The van der Waals surface area contributed by atoms with Gasteiger partial charge in [-0.05, 0) is 18.8 Å². The van der Waals surface area contributed by atoms with Crippen LogP contribution in [0.3, 0.4) is 0 Å². The van der Waals surface area contributed by atoms with Gasteiger partial charge in [-0.2, -0.15) is 0 Å². The Morgan fingerprint density at radius 2 is 1.67 bits per heavy atom. The Hall–Kier alpha value is -1.85. The van der Waals surface area contributed by atoms with Crippen molar-refractivity contribution >= 4 is 17.8 Å². The summed E-state index contributed by atoms with van der Waals surface area (Å²) in [5.41, 5.74) is 4.51. The van der Waals surface area contributed by atoms with Gasteiger partial charge in [-0.15, -0.1) is 0 Å². The number of aliphatic carboxylic acids is 2. The first kappa shape index (κ1) is 14.2. The Morgan fingerprint density at radius 1 is 1.11 bits per heavy atom. The van der Waals surface area contributed by atoms with Gasteiger partial charge in [0.05, 0.1) is 11.5 Å². The van der Waals surface area contributed by atoms with Crippen LogP contribution in [0.1, 0.15) is 32.1 Å². The number of carboxylic acids is 2. The second-order valence-electron chi connectivity index (χ2n) is 4.52. The first-order valence-corrected chi connectivity index (χ1v) is 5.90. The van der Waals surface area contributed by atoms with Crippen LogP contribution in [0.2, 0.25) is 0 Å². The van der Waals surface area contributed by atoms with Crippen molar-refractivity contribution < 1.29 is 24.6 Å². The van der Waals surface area contributed by atoms with E-state index in [0.29, 0.717) is 12.8 Å². The molecule has 4 N–H and O–H groups in total. The lowest BCUT2D eigenvalue weighted by atomic mass is 9.76. The largest absolute Gasteiger partial charge is 0.481 e. The van der Waals surface area contributed by atoms with Gasteiger partial charge >= 0.3 is 11.9 Å². The summed E-state index contributed by atoms with van der Waals surface area (Å²) in [4.78, 5) is 33.2. The molecule has 0 heterocycles. The summed E-state index contributed by atoms with van der Waals surface area (Å²) in [7, 11) is 0. The lowest BCUT2D eigenvalue weighted by Gasteiger charge is -2.27. The van der Waals surface area contributed by atoms with Gasteiger partial charge in [0.25, 0.3) is 0 Å². The number of hydrogen-bond acceptors (Lipinski definition) is 3. The van der Waals surface area contributed by atoms with E-state index in [1.54, 1.807) is 0 Å². The molecular weight excluding hydrogens is 238 g/mol. The van der Waals surface area contributed by atoms with Gasteiger partial charge in [0.1, 0.15) is 0 Å². The molecule has 1 aliphatic carbocycles. The van der Waals surface area contributed by atoms with Crippen molar-refractivity contribution in [2.45, 2.75) is 32.1 Å². The zero-order valence-electron chi connectivity index (χ0n) is 9.96. The van der Waals surface area contributed by atoms with Gasteiger partial charge in [-0.25, -0.2) is 4.79 Å². The fraction of sp³-hybridized carbons (Fsp3) is 0.583. The Bertz CT molecular complexity index is 382. The number of carboxylic acid groups (broad SMARTS) is 2. The van der Waals surface area contributed by atoms with Gasteiger partial charge < -0.3 is 15.9 Å². The highest BCUT2D eigenvalue weighted by Gasteiger charge is 2.35. The molecule has 1 unspecified atom stereocenters. The number of carbonyl (C=O) groups excluding carboxylic acids is 1. The fourth-order valence-corrected chi connectivity index (χ4v) is 2.49. The molecule has 0 aromatic carbocycles. The average Bonchev–Trinajstić information content (AvgIpc) is 2.28. The third kappa shape index (κ3) is 3.58. The number of nitrogens with two attached hydrogens (primary N) is 1. The minimum Gasteiger partial charge on any atom is -0.481 e. The zero-order valence-corrected chi connectivity index (χ0v) is 9.96. The van der Waals surface area contributed by atoms with Crippen molar-refractivity contribution in [2.24, 2.45) is 17.6 Å². The molecule has 0 spiro atoms. The quantitative estimate of drug-likeness (QED) is 0.627. The summed E-state index contributed by atoms with van der Waals surface area (Å²) in [6.45, 7) is 0. The van der Waals surface area contributed by atoms with E-state index in [1.165, 1.54) is 0 Å². The van der Waals surface area contributed by atoms with E-state index in [-0.39, 0.29) is 5.92 Å². The van der Waals surface area contributed by atoms with Crippen LogP contribution in [-0.2, 0) is 14.4 Å². The summed E-state index contributed by atoms with van der Waals surface area (Å²) in [5.74, 6) is -4.94. The van der Waals surface area contributed by atoms with Crippen LogP contribution in [0.15, 0.2) is 11.6 Å². The lowest BCUT2D eigenvalue weighted by Crippen LogP contribution is -2.31. The van der Waals surface area contributed by atoms with Gasteiger partial charge in [0.15, 0.2) is 0 Å². The monoisotopic (exact) mass is 255 g/mol. The molecule has 18 heavy (non-hydrogen) atoms. The molecule has 0 bridgehead atoms. The highest BCUT2D eigenvalue weighted by Crippen LogP contribution is 2.34.